The van der Waals surface area contributed by atoms with Crippen LogP contribution >= 0.6 is 0 Å². The summed E-state index contributed by atoms with van der Waals surface area (Å²) in [4.78, 5) is 16.0. The number of rotatable bonds is 3. The van der Waals surface area contributed by atoms with Crippen molar-refractivity contribution >= 4 is 5.78 Å². The van der Waals surface area contributed by atoms with Crippen LogP contribution in [0, 0.1) is 0 Å². The molecule has 0 N–H and O–H groups in total. The second kappa shape index (κ2) is 6.02. The topological polar surface area (TPSA) is 42.0 Å². The van der Waals surface area contributed by atoms with Crippen molar-refractivity contribution in [2.45, 2.75) is 6.92 Å². The monoisotopic (exact) mass is 240 g/mol. The van der Waals surface area contributed by atoms with Gasteiger partial charge in [-0.15, -0.1) is 0 Å². The minimum absolute atomic E-state index is 0.124. The summed E-state index contributed by atoms with van der Waals surface area (Å²) in [6.07, 6.45) is 1.98. The van der Waals surface area contributed by atoms with Crippen LogP contribution in [0.15, 0.2) is 11.9 Å². The molecule has 0 aromatic heterocycles. The number of morpholine rings is 2. The van der Waals surface area contributed by atoms with Crippen molar-refractivity contribution in [1.29, 1.82) is 0 Å². The molecule has 0 unspecified atom stereocenters. The third kappa shape index (κ3) is 3.44. The van der Waals surface area contributed by atoms with E-state index in [0.29, 0.717) is 13.2 Å². The zero-order chi connectivity index (χ0) is 12.1. The van der Waals surface area contributed by atoms with Crippen LogP contribution in [0.1, 0.15) is 6.92 Å². The van der Waals surface area contributed by atoms with Gasteiger partial charge in [0, 0.05) is 39.3 Å². The molecule has 2 rings (SSSR count). The van der Waals surface area contributed by atoms with E-state index in [-0.39, 0.29) is 5.78 Å². The summed E-state index contributed by atoms with van der Waals surface area (Å²) in [5.41, 5.74) is 0.801. The summed E-state index contributed by atoms with van der Waals surface area (Å²) in [6.45, 7) is 7.84. The molecule has 0 spiro atoms. The van der Waals surface area contributed by atoms with E-state index in [0.717, 1.165) is 45.1 Å². The number of allylic oxidation sites excluding steroid dienone is 1. The first-order valence-electron chi connectivity index (χ1n) is 6.14. The van der Waals surface area contributed by atoms with E-state index >= 15 is 0 Å². The molecule has 0 bridgehead atoms. The van der Waals surface area contributed by atoms with Crippen molar-refractivity contribution in [2.24, 2.45) is 0 Å². The van der Waals surface area contributed by atoms with Gasteiger partial charge in [-0.05, 0) is 0 Å². The summed E-state index contributed by atoms with van der Waals surface area (Å²) in [7, 11) is 0. The molecule has 2 aliphatic heterocycles. The molecule has 2 fully saturated rings. The molecule has 0 saturated carbocycles. The Morgan fingerprint density at radius 1 is 1.00 bits per heavy atom. The van der Waals surface area contributed by atoms with Gasteiger partial charge in [0.05, 0.1) is 32.1 Å². The minimum Gasteiger partial charge on any atom is -0.378 e. The van der Waals surface area contributed by atoms with Crippen LogP contribution in [0.4, 0.5) is 0 Å². The number of Topliss-reactive ketones (excluding diaryl/α,β-unsaturated/α-hetero) is 1. The first kappa shape index (κ1) is 12.4. The average molecular weight is 240 g/mol. The molecule has 0 aromatic carbocycles. The molecular weight excluding hydrogens is 220 g/mol. The largest absolute Gasteiger partial charge is 0.378 e. The highest BCUT2D eigenvalue weighted by atomic mass is 16.5. The number of nitrogens with zero attached hydrogens (tertiary/aromatic N) is 2. The summed E-state index contributed by atoms with van der Waals surface area (Å²) in [6, 6.07) is 0. The Labute approximate surface area is 102 Å². The lowest BCUT2D eigenvalue weighted by molar-refractivity contribution is -0.115. The van der Waals surface area contributed by atoms with E-state index in [1.165, 1.54) is 0 Å². The van der Waals surface area contributed by atoms with Gasteiger partial charge in [0.1, 0.15) is 0 Å². The molecule has 0 amide bonds. The highest BCUT2D eigenvalue weighted by Gasteiger charge is 2.18. The zero-order valence-electron chi connectivity index (χ0n) is 10.4. The van der Waals surface area contributed by atoms with Crippen LogP contribution < -0.4 is 0 Å². The number of hydrogen-bond donors (Lipinski definition) is 0. The van der Waals surface area contributed by atoms with Gasteiger partial charge in [-0.25, -0.2) is 0 Å². The Bertz CT molecular complexity index is 292. The third-order valence-electron chi connectivity index (χ3n) is 3.06. The lowest BCUT2D eigenvalue weighted by Gasteiger charge is -2.32. The van der Waals surface area contributed by atoms with Crippen molar-refractivity contribution in [1.82, 2.24) is 9.80 Å². The Morgan fingerprint density at radius 2 is 1.53 bits per heavy atom. The molecule has 2 heterocycles. The molecule has 96 valence electrons. The van der Waals surface area contributed by atoms with Gasteiger partial charge in [0.25, 0.3) is 0 Å². The van der Waals surface area contributed by atoms with Gasteiger partial charge >= 0.3 is 0 Å². The number of carbonyl (C=O) groups excluding carboxylic acids is 1. The lowest BCUT2D eigenvalue weighted by Crippen LogP contribution is -2.40. The lowest BCUT2D eigenvalue weighted by atomic mass is 10.2. The molecule has 2 aliphatic rings. The number of carbonyl (C=O) groups is 1. The van der Waals surface area contributed by atoms with E-state index in [2.05, 4.69) is 9.80 Å². The van der Waals surface area contributed by atoms with Gasteiger partial charge in [0.15, 0.2) is 5.78 Å². The smallest absolute Gasteiger partial charge is 0.177 e. The highest BCUT2D eigenvalue weighted by molar-refractivity contribution is 5.92. The van der Waals surface area contributed by atoms with Crippen molar-refractivity contribution < 1.29 is 14.3 Å². The Kier molecular flexibility index (Phi) is 4.39. The number of ether oxygens (including phenoxy) is 2. The number of ketones is 1. The van der Waals surface area contributed by atoms with E-state index in [1.54, 1.807) is 6.92 Å². The third-order valence-corrected chi connectivity index (χ3v) is 3.06. The standard InChI is InChI=1S/C12H20N2O3/c1-11(15)12(14-4-8-17-9-5-14)10-13-2-6-16-7-3-13/h10H,2-9H2,1H3/b12-10-. The van der Waals surface area contributed by atoms with E-state index < -0.39 is 0 Å². The quantitative estimate of drug-likeness (QED) is 0.654. The highest BCUT2D eigenvalue weighted by Crippen LogP contribution is 2.11. The Balaban J connectivity index is 2.04. The predicted molar refractivity (Wildman–Crippen MR) is 63.5 cm³/mol. The van der Waals surface area contributed by atoms with Gasteiger partial charge in [-0.2, -0.15) is 0 Å². The van der Waals surface area contributed by atoms with Crippen LogP contribution in [-0.4, -0.2) is 68.2 Å². The molecule has 2 saturated heterocycles. The van der Waals surface area contributed by atoms with Crippen LogP contribution in [0.2, 0.25) is 0 Å². The molecule has 0 radical (unpaired) electrons. The van der Waals surface area contributed by atoms with Crippen molar-refractivity contribution in [3.8, 4) is 0 Å². The van der Waals surface area contributed by atoms with Gasteiger partial charge in [-0.1, -0.05) is 0 Å². The fourth-order valence-electron chi connectivity index (χ4n) is 2.08. The summed E-state index contributed by atoms with van der Waals surface area (Å²) in [5.74, 6) is 0.124. The second-order valence-electron chi connectivity index (χ2n) is 4.32. The van der Waals surface area contributed by atoms with Crippen LogP contribution in [0.5, 0.6) is 0 Å². The molecule has 5 heteroatoms. The normalized spacial score (nSPS) is 22.8. The van der Waals surface area contributed by atoms with E-state index in [9.17, 15) is 4.79 Å². The zero-order valence-corrected chi connectivity index (χ0v) is 10.4. The van der Waals surface area contributed by atoms with E-state index in [4.69, 9.17) is 9.47 Å². The first-order valence-corrected chi connectivity index (χ1v) is 6.14. The van der Waals surface area contributed by atoms with Crippen molar-refractivity contribution in [3.05, 3.63) is 11.9 Å². The molecule has 0 atom stereocenters. The van der Waals surface area contributed by atoms with Crippen molar-refractivity contribution in [2.75, 3.05) is 52.6 Å². The molecule has 5 nitrogen and oxygen atoms in total. The summed E-state index contributed by atoms with van der Waals surface area (Å²) < 4.78 is 10.6. The fraction of sp³-hybridized carbons (Fsp3) is 0.750. The second-order valence-corrected chi connectivity index (χ2v) is 4.32. The average Bonchev–Trinajstić information content (AvgIpc) is 2.38. The van der Waals surface area contributed by atoms with Crippen molar-refractivity contribution in [3.63, 3.8) is 0 Å². The summed E-state index contributed by atoms with van der Waals surface area (Å²) in [5, 5.41) is 0. The number of hydrogen-bond acceptors (Lipinski definition) is 5. The van der Waals surface area contributed by atoms with E-state index in [1.807, 2.05) is 6.20 Å². The Hall–Kier alpha value is -1.07. The molecule has 17 heavy (non-hydrogen) atoms. The first-order chi connectivity index (χ1) is 8.27. The fourth-order valence-corrected chi connectivity index (χ4v) is 2.08. The van der Waals surface area contributed by atoms with Crippen LogP contribution in [0.25, 0.3) is 0 Å². The maximum absolute atomic E-state index is 11.7. The van der Waals surface area contributed by atoms with Crippen LogP contribution in [0.3, 0.4) is 0 Å². The molecule has 0 aromatic rings. The molecular formula is C12H20N2O3. The maximum atomic E-state index is 11.7. The van der Waals surface area contributed by atoms with Gasteiger partial charge < -0.3 is 19.3 Å². The summed E-state index contributed by atoms with van der Waals surface area (Å²) >= 11 is 0. The Morgan fingerprint density at radius 3 is 2.06 bits per heavy atom. The molecule has 0 aliphatic carbocycles. The predicted octanol–water partition coefficient (Wildman–Crippen LogP) is 0.0812. The van der Waals surface area contributed by atoms with Crippen LogP contribution in [-0.2, 0) is 14.3 Å². The SMILES string of the molecule is CC(=O)/C(=C/N1CCOCC1)N1CCOCC1. The van der Waals surface area contributed by atoms with Gasteiger partial charge in [-0.3, -0.25) is 4.79 Å². The van der Waals surface area contributed by atoms with Gasteiger partial charge in [0.2, 0.25) is 0 Å². The minimum atomic E-state index is 0.124. The maximum Gasteiger partial charge on any atom is 0.177 e.